The van der Waals surface area contributed by atoms with Crippen LogP contribution in [0.2, 0.25) is 0 Å². The van der Waals surface area contributed by atoms with Crippen LogP contribution in [0.4, 0.5) is 0 Å². The van der Waals surface area contributed by atoms with Crippen LogP contribution >= 0.6 is 7.92 Å². The zero-order valence-electron chi connectivity index (χ0n) is 6.09. The summed E-state index contributed by atoms with van der Waals surface area (Å²) < 4.78 is 0. The second-order valence-corrected chi connectivity index (χ2v) is 4.57. The van der Waals surface area contributed by atoms with Crippen molar-refractivity contribution in [3.05, 3.63) is 28.6 Å². The number of pyridine rings is 1. The number of rotatable bonds is 1. The molecule has 2 nitrogen and oxygen atoms in total. The largest absolute Gasteiger partial charge is 0.322 e. The molecule has 0 fully saturated rings. The summed E-state index contributed by atoms with van der Waals surface area (Å²) in [7, 11) is -0.167. The van der Waals surface area contributed by atoms with Crippen LogP contribution in [-0.2, 0) is 0 Å². The molecular formula is C7H10NOP. The Bertz CT molecular complexity index is 266. The van der Waals surface area contributed by atoms with Crippen molar-refractivity contribution in [3.8, 4) is 0 Å². The fraction of sp³-hybridized carbons (Fsp3) is 0.286. The summed E-state index contributed by atoms with van der Waals surface area (Å²) in [6.07, 6.45) is 0. The smallest absolute Gasteiger partial charge is 0.248 e. The van der Waals surface area contributed by atoms with E-state index < -0.39 is 0 Å². The Hall–Kier alpha value is -0.620. The predicted molar refractivity (Wildman–Crippen MR) is 45.5 cm³/mol. The average molecular weight is 155 g/mol. The molecule has 1 aromatic rings. The highest BCUT2D eigenvalue weighted by molar-refractivity contribution is 7.63. The van der Waals surface area contributed by atoms with Gasteiger partial charge >= 0.3 is 0 Å². The summed E-state index contributed by atoms with van der Waals surface area (Å²) >= 11 is 0. The van der Waals surface area contributed by atoms with Crippen molar-refractivity contribution >= 4 is 13.4 Å². The van der Waals surface area contributed by atoms with E-state index in [2.05, 4.69) is 18.3 Å². The van der Waals surface area contributed by atoms with E-state index in [1.54, 1.807) is 6.07 Å². The Morgan fingerprint density at radius 3 is 2.50 bits per heavy atom. The van der Waals surface area contributed by atoms with Crippen LogP contribution in [0.3, 0.4) is 0 Å². The maximum atomic E-state index is 10.7. The first kappa shape index (κ1) is 7.49. The van der Waals surface area contributed by atoms with Crippen LogP contribution in [0.1, 0.15) is 0 Å². The molecule has 54 valence electrons. The molecule has 0 amide bonds. The molecule has 1 N–H and O–H groups in total. The molecule has 1 rings (SSSR count). The number of hydrogen-bond donors (Lipinski definition) is 1. The molecule has 1 aromatic heterocycles. The molecule has 0 aliphatic carbocycles. The second-order valence-electron chi connectivity index (χ2n) is 2.29. The molecule has 0 radical (unpaired) electrons. The fourth-order valence-electron chi connectivity index (χ4n) is 0.697. The van der Waals surface area contributed by atoms with Crippen molar-refractivity contribution in [2.75, 3.05) is 13.3 Å². The van der Waals surface area contributed by atoms with Crippen molar-refractivity contribution in [1.82, 2.24) is 4.98 Å². The van der Waals surface area contributed by atoms with Crippen molar-refractivity contribution in [1.29, 1.82) is 0 Å². The predicted octanol–water partition coefficient (Wildman–Crippen LogP) is 0.742. The second kappa shape index (κ2) is 2.98. The van der Waals surface area contributed by atoms with Gasteiger partial charge in [-0.2, -0.15) is 0 Å². The van der Waals surface area contributed by atoms with E-state index in [0.29, 0.717) is 0 Å². The third kappa shape index (κ3) is 1.68. The van der Waals surface area contributed by atoms with Gasteiger partial charge in [0.2, 0.25) is 5.56 Å². The minimum absolute atomic E-state index is 0.00583. The maximum Gasteiger partial charge on any atom is 0.248 e. The van der Waals surface area contributed by atoms with Gasteiger partial charge in [0.25, 0.3) is 0 Å². The van der Waals surface area contributed by atoms with Crippen LogP contribution in [0.25, 0.3) is 0 Å². The fourth-order valence-corrected chi connectivity index (χ4v) is 1.42. The van der Waals surface area contributed by atoms with Gasteiger partial charge in [0.15, 0.2) is 0 Å². The van der Waals surface area contributed by atoms with Gasteiger partial charge in [-0.3, -0.25) is 4.79 Å². The number of aromatic amines is 1. The molecular weight excluding hydrogens is 145 g/mol. The molecule has 0 aliphatic rings. The molecule has 0 atom stereocenters. The van der Waals surface area contributed by atoms with E-state index in [9.17, 15) is 4.79 Å². The summed E-state index contributed by atoms with van der Waals surface area (Å²) in [4.78, 5) is 13.5. The Balaban J connectivity index is 3.07. The lowest BCUT2D eigenvalue weighted by atomic mass is 10.5. The van der Waals surface area contributed by atoms with Crippen molar-refractivity contribution < 1.29 is 0 Å². The molecule has 0 aromatic carbocycles. The van der Waals surface area contributed by atoms with Crippen LogP contribution in [-0.4, -0.2) is 18.3 Å². The SMILES string of the molecule is CP(C)c1cccc(=O)[nH]1. The van der Waals surface area contributed by atoms with Crippen LogP contribution in [0.15, 0.2) is 23.0 Å². The van der Waals surface area contributed by atoms with Gasteiger partial charge in [-0.25, -0.2) is 0 Å². The number of nitrogens with one attached hydrogen (secondary N) is 1. The first-order valence-corrected chi connectivity index (χ1v) is 5.30. The lowest BCUT2D eigenvalue weighted by Gasteiger charge is -2.02. The zero-order chi connectivity index (χ0) is 7.56. The van der Waals surface area contributed by atoms with Gasteiger partial charge in [-0.1, -0.05) is 14.0 Å². The summed E-state index contributed by atoms with van der Waals surface area (Å²) in [5.74, 6) is 0. The summed E-state index contributed by atoms with van der Waals surface area (Å²) in [5.41, 5.74) is 1.05. The molecule has 0 bridgehead atoms. The van der Waals surface area contributed by atoms with E-state index in [-0.39, 0.29) is 13.5 Å². The van der Waals surface area contributed by atoms with Crippen LogP contribution < -0.4 is 11.0 Å². The molecule has 0 saturated heterocycles. The van der Waals surface area contributed by atoms with E-state index in [4.69, 9.17) is 0 Å². The molecule has 0 aliphatic heterocycles. The number of hydrogen-bond acceptors (Lipinski definition) is 1. The molecule has 0 saturated carbocycles. The van der Waals surface area contributed by atoms with Gasteiger partial charge in [0.05, 0.1) is 0 Å². The highest BCUT2D eigenvalue weighted by Crippen LogP contribution is 2.20. The Morgan fingerprint density at radius 2 is 2.10 bits per heavy atom. The first-order valence-electron chi connectivity index (χ1n) is 3.07. The Kier molecular flexibility index (Phi) is 2.23. The Labute approximate surface area is 61.0 Å². The maximum absolute atomic E-state index is 10.7. The first-order chi connectivity index (χ1) is 4.70. The number of aromatic nitrogens is 1. The third-order valence-electron chi connectivity index (χ3n) is 1.23. The van der Waals surface area contributed by atoms with Gasteiger partial charge < -0.3 is 4.98 Å². The summed E-state index contributed by atoms with van der Waals surface area (Å²) in [6, 6.07) is 5.27. The van der Waals surface area contributed by atoms with Crippen molar-refractivity contribution in [3.63, 3.8) is 0 Å². The average Bonchev–Trinajstić information content (AvgIpc) is 1.88. The van der Waals surface area contributed by atoms with Gasteiger partial charge in [0, 0.05) is 11.5 Å². The van der Waals surface area contributed by atoms with Gasteiger partial charge in [0.1, 0.15) is 0 Å². The van der Waals surface area contributed by atoms with Crippen LogP contribution in [0.5, 0.6) is 0 Å². The van der Waals surface area contributed by atoms with Crippen molar-refractivity contribution in [2.45, 2.75) is 0 Å². The molecule has 3 heteroatoms. The lowest BCUT2D eigenvalue weighted by Crippen LogP contribution is -2.15. The Morgan fingerprint density at radius 1 is 1.40 bits per heavy atom. The summed E-state index contributed by atoms with van der Waals surface area (Å²) in [6.45, 7) is 4.22. The van der Waals surface area contributed by atoms with E-state index in [1.807, 2.05) is 6.07 Å². The highest BCUT2D eigenvalue weighted by atomic mass is 31.1. The molecule has 1 heterocycles. The zero-order valence-corrected chi connectivity index (χ0v) is 6.98. The monoisotopic (exact) mass is 155 g/mol. The molecule has 0 unspecified atom stereocenters. The normalized spacial score (nSPS) is 10.3. The molecule has 10 heavy (non-hydrogen) atoms. The lowest BCUT2D eigenvalue weighted by molar-refractivity contribution is 1.29. The quantitative estimate of drug-likeness (QED) is 0.596. The minimum atomic E-state index is -0.167. The third-order valence-corrected chi connectivity index (χ3v) is 2.46. The van der Waals surface area contributed by atoms with E-state index >= 15 is 0 Å². The van der Waals surface area contributed by atoms with E-state index in [0.717, 1.165) is 5.44 Å². The number of H-pyrrole nitrogens is 1. The standard InChI is InChI=1S/C7H10NOP/c1-10(2)7-5-3-4-6(9)8-7/h3-5H,1-2H3,(H,8,9). The van der Waals surface area contributed by atoms with E-state index in [1.165, 1.54) is 6.07 Å². The highest BCUT2D eigenvalue weighted by Gasteiger charge is 1.95. The van der Waals surface area contributed by atoms with Gasteiger partial charge in [-0.05, 0) is 19.4 Å². The van der Waals surface area contributed by atoms with Crippen LogP contribution in [0, 0.1) is 0 Å². The van der Waals surface area contributed by atoms with Gasteiger partial charge in [-0.15, -0.1) is 0 Å². The van der Waals surface area contributed by atoms with Crippen molar-refractivity contribution in [2.24, 2.45) is 0 Å². The minimum Gasteiger partial charge on any atom is -0.322 e. The topological polar surface area (TPSA) is 32.9 Å². The summed E-state index contributed by atoms with van der Waals surface area (Å²) in [5, 5.41) is 0. The molecule has 0 spiro atoms.